The zero-order chi connectivity index (χ0) is 13.9. The topological polar surface area (TPSA) is 24.5 Å². The second-order valence-electron chi connectivity index (χ2n) is 4.87. The van der Waals surface area contributed by atoms with Gasteiger partial charge in [0.05, 0.1) is 6.61 Å². The van der Waals surface area contributed by atoms with E-state index in [-0.39, 0.29) is 0 Å². The number of anilines is 1. The lowest BCUT2D eigenvalue weighted by atomic mass is 10.2. The number of hydrogen-bond acceptors (Lipinski definition) is 3. The van der Waals surface area contributed by atoms with Gasteiger partial charge in [-0.15, -0.1) is 0 Å². The molecule has 0 bridgehead atoms. The van der Waals surface area contributed by atoms with Gasteiger partial charge < -0.3 is 15.0 Å². The smallest absolute Gasteiger partial charge is 0.0587 e. The van der Waals surface area contributed by atoms with E-state index in [2.05, 4.69) is 48.3 Å². The van der Waals surface area contributed by atoms with Crippen molar-refractivity contribution in [1.82, 2.24) is 5.32 Å². The SMILES string of the molecule is CCN(CCCCNCCOC)c1cccc(C)c1. The minimum atomic E-state index is 0.796. The summed E-state index contributed by atoms with van der Waals surface area (Å²) in [5.41, 5.74) is 2.67. The van der Waals surface area contributed by atoms with Gasteiger partial charge in [-0.05, 0) is 50.9 Å². The number of ether oxygens (including phenoxy) is 1. The lowest BCUT2D eigenvalue weighted by Gasteiger charge is -2.23. The van der Waals surface area contributed by atoms with Crippen LogP contribution in [0.1, 0.15) is 25.3 Å². The lowest BCUT2D eigenvalue weighted by Crippen LogP contribution is -2.25. The van der Waals surface area contributed by atoms with Gasteiger partial charge in [0, 0.05) is 32.4 Å². The van der Waals surface area contributed by atoms with E-state index >= 15 is 0 Å². The number of methoxy groups -OCH3 is 1. The van der Waals surface area contributed by atoms with E-state index in [1.54, 1.807) is 7.11 Å². The Morgan fingerprint density at radius 1 is 1.21 bits per heavy atom. The minimum absolute atomic E-state index is 0.796. The summed E-state index contributed by atoms with van der Waals surface area (Å²) in [5, 5.41) is 3.38. The van der Waals surface area contributed by atoms with E-state index in [9.17, 15) is 0 Å². The molecule has 3 nitrogen and oxygen atoms in total. The summed E-state index contributed by atoms with van der Waals surface area (Å²) in [4.78, 5) is 2.45. The predicted octanol–water partition coefficient (Wildman–Crippen LogP) is 2.84. The normalized spacial score (nSPS) is 10.7. The molecule has 1 N–H and O–H groups in total. The Morgan fingerprint density at radius 3 is 2.74 bits per heavy atom. The third-order valence-electron chi connectivity index (χ3n) is 3.26. The molecule has 108 valence electrons. The highest BCUT2D eigenvalue weighted by atomic mass is 16.5. The molecule has 0 heterocycles. The first kappa shape index (κ1) is 16.0. The maximum Gasteiger partial charge on any atom is 0.0587 e. The predicted molar refractivity (Wildman–Crippen MR) is 83.0 cm³/mol. The fourth-order valence-electron chi connectivity index (χ4n) is 2.15. The fourth-order valence-corrected chi connectivity index (χ4v) is 2.15. The second-order valence-corrected chi connectivity index (χ2v) is 4.87. The van der Waals surface area contributed by atoms with Gasteiger partial charge in [0.1, 0.15) is 0 Å². The average Bonchev–Trinajstić information content (AvgIpc) is 2.42. The van der Waals surface area contributed by atoms with Crippen molar-refractivity contribution in [3.63, 3.8) is 0 Å². The average molecular weight is 264 g/mol. The van der Waals surface area contributed by atoms with Gasteiger partial charge in [0.15, 0.2) is 0 Å². The lowest BCUT2D eigenvalue weighted by molar-refractivity contribution is 0.199. The summed E-state index contributed by atoms with van der Waals surface area (Å²) in [5.74, 6) is 0. The summed E-state index contributed by atoms with van der Waals surface area (Å²) < 4.78 is 5.00. The molecule has 0 saturated heterocycles. The maximum atomic E-state index is 5.00. The van der Waals surface area contributed by atoms with Crippen LogP contribution in [0.3, 0.4) is 0 Å². The van der Waals surface area contributed by atoms with E-state index < -0.39 is 0 Å². The summed E-state index contributed by atoms with van der Waals surface area (Å²) in [7, 11) is 1.74. The van der Waals surface area contributed by atoms with Crippen LogP contribution in [0.25, 0.3) is 0 Å². The number of unbranched alkanes of at least 4 members (excludes halogenated alkanes) is 1. The molecule has 0 saturated carbocycles. The molecule has 0 amide bonds. The molecule has 0 aliphatic carbocycles. The van der Waals surface area contributed by atoms with Crippen molar-refractivity contribution in [2.24, 2.45) is 0 Å². The quantitative estimate of drug-likeness (QED) is 0.658. The highest BCUT2D eigenvalue weighted by molar-refractivity contribution is 5.48. The van der Waals surface area contributed by atoms with Gasteiger partial charge in [-0.25, -0.2) is 0 Å². The monoisotopic (exact) mass is 264 g/mol. The summed E-state index contributed by atoms with van der Waals surface area (Å²) in [6.07, 6.45) is 2.44. The number of aryl methyl sites for hydroxylation is 1. The maximum absolute atomic E-state index is 5.00. The van der Waals surface area contributed by atoms with Crippen LogP contribution in [0.4, 0.5) is 5.69 Å². The molecular formula is C16H28N2O. The Morgan fingerprint density at radius 2 is 2.05 bits per heavy atom. The number of hydrogen-bond donors (Lipinski definition) is 1. The van der Waals surface area contributed by atoms with Crippen molar-refractivity contribution >= 4 is 5.69 Å². The first-order valence-corrected chi connectivity index (χ1v) is 7.29. The summed E-state index contributed by atoms with van der Waals surface area (Å²) >= 11 is 0. The third-order valence-corrected chi connectivity index (χ3v) is 3.26. The Labute approximate surface area is 118 Å². The van der Waals surface area contributed by atoms with Crippen molar-refractivity contribution in [3.8, 4) is 0 Å². The standard InChI is InChI=1S/C16H28N2O/c1-4-18(16-9-7-8-15(2)14-16)12-6-5-10-17-11-13-19-3/h7-9,14,17H,4-6,10-13H2,1-3H3. The van der Waals surface area contributed by atoms with E-state index in [1.807, 2.05) is 0 Å². The van der Waals surface area contributed by atoms with Crippen molar-refractivity contribution < 1.29 is 4.74 Å². The van der Waals surface area contributed by atoms with Gasteiger partial charge in [-0.1, -0.05) is 12.1 Å². The van der Waals surface area contributed by atoms with Crippen molar-refractivity contribution in [1.29, 1.82) is 0 Å². The van der Waals surface area contributed by atoms with Crippen LogP contribution in [-0.4, -0.2) is 39.9 Å². The Kier molecular flexibility index (Phi) is 8.26. The molecular weight excluding hydrogens is 236 g/mol. The molecule has 0 aromatic heterocycles. The highest BCUT2D eigenvalue weighted by Crippen LogP contribution is 2.16. The molecule has 0 aliphatic rings. The van der Waals surface area contributed by atoms with Crippen LogP contribution in [0.2, 0.25) is 0 Å². The first-order valence-electron chi connectivity index (χ1n) is 7.29. The Hall–Kier alpha value is -1.06. The summed E-state index contributed by atoms with van der Waals surface area (Å²) in [6, 6.07) is 8.75. The molecule has 1 aromatic rings. The minimum Gasteiger partial charge on any atom is -0.383 e. The zero-order valence-electron chi connectivity index (χ0n) is 12.6. The number of benzene rings is 1. The number of nitrogens with zero attached hydrogens (tertiary/aromatic N) is 1. The first-order chi connectivity index (χ1) is 9.27. The van der Waals surface area contributed by atoms with Crippen LogP contribution in [0.5, 0.6) is 0 Å². The molecule has 0 radical (unpaired) electrons. The molecule has 3 heteroatoms. The number of nitrogens with one attached hydrogen (secondary N) is 1. The zero-order valence-corrected chi connectivity index (χ0v) is 12.6. The molecule has 0 aliphatic heterocycles. The van der Waals surface area contributed by atoms with E-state index in [1.165, 1.54) is 24.1 Å². The molecule has 0 fully saturated rings. The van der Waals surface area contributed by atoms with Crippen LogP contribution < -0.4 is 10.2 Å². The largest absolute Gasteiger partial charge is 0.383 e. The molecule has 1 rings (SSSR count). The van der Waals surface area contributed by atoms with Gasteiger partial charge in [0.25, 0.3) is 0 Å². The van der Waals surface area contributed by atoms with E-state index in [0.29, 0.717) is 0 Å². The summed E-state index contributed by atoms with van der Waals surface area (Å²) in [6.45, 7) is 9.40. The van der Waals surface area contributed by atoms with Crippen molar-refractivity contribution in [2.45, 2.75) is 26.7 Å². The van der Waals surface area contributed by atoms with Gasteiger partial charge in [-0.2, -0.15) is 0 Å². The van der Waals surface area contributed by atoms with Crippen LogP contribution in [0.15, 0.2) is 24.3 Å². The second kappa shape index (κ2) is 9.82. The molecule has 19 heavy (non-hydrogen) atoms. The van der Waals surface area contributed by atoms with Gasteiger partial charge in [-0.3, -0.25) is 0 Å². The van der Waals surface area contributed by atoms with Crippen LogP contribution >= 0.6 is 0 Å². The molecule has 0 unspecified atom stereocenters. The van der Waals surface area contributed by atoms with Crippen molar-refractivity contribution in [3.05, 3.63) is 29.8 Å². The van der Waals surface area contributed by atoms with Gasteiger partial charge >= 0.3 is 0 Å². The third kappa shape index (κ3) is 6.60. The van der Waals surface area contributed by atoms with E-state index in [4.69, 9.17) is 4.74 Å². The fraction of sp³-hybridized carbons (Fsp3) is 0.625. The molecule has 0 spiro atoms. The van der Waals surface area contributed by atoms with E-state index in [0.717, 1.165) is 32.8 Å². The molecule has 0 atom stereocenters. The molecule has 1 aromatic carbocycles. The number of rotatable bonds is 10. The Bertz CT molecular complexity index is 341. The Balaban J connectivity index is 2.22. The van der Waals surface area contributed by atoms with Crippen molar-refractivity contribution in [2.75, 3.05) is 44.8 Å². The van der Waals surface area contributed by atoms with Crippen LogP contribution in [-0.2, 0) is 4.74 Å². The highest BCUT2D eigenvalue weighted by Gasteiger charge is 2.03. The van der Waals surface area contributed by atoms with Crippen LogP contribution in [0, 0.1) is 6.92 Å². The van der Waals surface area contributed by atoms with Gasteiger partial charge in [0.2, 0.25) is 0 Å².